The van der Waals surface area contributed by atoms with E-state index in [2.05, 4.69) is 4.72 Å². The number of nitrogens with one attached hydrogen (secondary N) is 1. The Hall–Kier alpha value is -2.08. The monoisotopic (exact) mass is 395 g/mol. The van der Waals surface area contributed by atoms with Gasteiger partial charge in [-0.25, -0.2) is 12.8 Å². The molecule has 0 aliphatic rings. The maximum Gasteiger partial charge on any atom is 0.263 e. The van der Waals surface area contributed by atoms with Crippen LogP contribution >= 0.6 is 23.2 Å². The van der Waals surface area contributed by atoms with E-state index in [1.807, 2.05) is 0 Å². The van der Waals surface area contributed by atoms with Crippen LogP contribution in [0.1, 0.15) is 0 Å². The minimum atomic E-state index is -3.87. The van der Waals surface area contributed by atoms with Gasteiger partial charge in [-0.2, -0.15) is 0 Å². The van der Waals surface area contributed by atoms with Crippen molar-refractivity contribution >= 4 is 38.9 Å². The molecule has 1 N–H and O–H groups in total. The van der Waals surface area contributed by atoms with Crippen LogP contribution in [0, 0.1) is 5.82 Å². The topological polar surface area (TPSA) is 46.2 Å². The molecule has 0 atom stereocenters. The van der Waals surface area contributed by atoms with Crippen molar-refractivity contribution < 1.29 is 12.8 Å². The van der Waals surface area contributed by atoms with Crippen molar-refractivity contribution in [1.82, 2.24) is 0 Å². The molecule has 0 bridgehead atoms. The molecule has 0 saturated heterocycles. The second kappa shape index (κ2) is 7.04. The first kappa shape index (κ1) is 17.7. The number of hydrogen-bond donors (Lipinski definition) is 1. The zero-order valence-electron chi connectivity index (χ0n) is 12.7. The first-order valence-electron chi connectivity index (χ1n) is 7.19. The maximum atomic E-state index is 13.0. The molecule has 0 amide bonds. The fourth-order valence-electron chi connectivity index (χ4n) is 2.31. The van der Waals surface area contributed by atoms with E-state index in [4.69, 9.17) is 23.2 Å². The van der Waals surface area contributed by atoms with Crippen molar-refractivity contribution in [3.63, 3.8) is 0 Å². The van der Waals surface area contributed by atoms with Gasteiger partial charge in [-0.15, -0.1) is 0 Å². The number of anilines is 1. The van der Waals surface area contributed by atoms with Crippen molar-refractivity contribution in [3.8, 4) is 11.1 Å². The molecule has 3 aromatic rings. The molecule has 3 aromatic carbocycles. The normalized spacial score (nSPS) is 11.3. The Morgan fingerprint density at radius 3 is 2.24 bits per heavy atom. The van der Waals surface area contributed by atoms with E-state index >= 15 is 0 Å². The molecule has 7 heteroatoms. The van der Waals surface area contributed by atoms with Gasteiger partial charge in [-0.05, 0) is 53.6 Å². The van der Waals surface area contributed by atoms with Gasteiger partial charge in [0.1, 0.15) is 10.7 Å². The number of halogens is 3. The number of hydrogen-bond acceptors (Lipinski definition) is 2. The number of rotatable bonds is 4. The summed E-state index contributed by atoms with van der Waals surface area (Å²) in [7, 11) is -3.87. The lowest BCUT2D eigenvalue weighted by Gasteiger charge is -2.11. The first-order valence-corrected chi connectivity index (χ1v) is 9.43. The van der Waals surface area contributed by atoms with Gasteiger partial charge >= 0.3 is 0 Å². The maximum absolute atomic E-state index is 13.0. The van der Waals surface area contributed by atoms with Crippen molar-refractivity contribution in [2.24, 2.45) is 0 Å². The summed E-state index contributed by atoms with van der Waals surface area (Å²) < 4.78 is 40.6. The lowest BCUT2D eigenvalue weighted by atomic mass is 10.1. The molecule has 0 fully saturated rings. The molecule has 0 aliphatic heterocycles. The molecule has 0 unspecified atom stereocenters. The largest absolute Gasteiger partial charge is 0.280 e. The Kier molecular flexibility index (Phi) is 4.99. The summed E-state index contributed by atoms with van der Waals surface area (Å²) in [6.07, 6.45) is 0. The van der Waals surface area contributed by atoms with Crippen molar-refractivity contribution in [2.75, 3.05) is 4.72 Å². The van der Waals surface area contributed by atoms with Crippen LogP contribution < -0.4 is 4.72 Å². The SMILES string of the molecule is O=S(=O)(Nc1cccc(-c2ccc(F)cc2)c1)c1ccc(Cl)cc1Cl. The van der Waals surface area contributed by atoms with Gasteiger partial charge in [0.15, 0.2) is 0 Å². The lowest BCUT2D eigenvalue weighted by Crippen LogP contribution is -2.13. The predicted octanol–water partition coefficient (Wildman–Crippen LogP) is 5.60. The summed E-state index contributed by atoms with van der Waals surface area (Å²) >= 11 is 11.8. The standard InChI is InChI=1S/C18H12Cl2FNO2S/c19-14-6-9-18(17(20)11-14)25(23,24)22-16-3-1-2-13(10-16)12-4-7-15(21)8-5-12/h1-11,22H. The van der Waals surface area contributed by atoms with E-state index in [9.17, 15) is 12.8 Å². The smallest absolute Gasteiger partial charge is 0.263 e. The zero-order chi connectivity index (χ0) is 18.0. The van der Waals surface area contributed by atoms with Crippen molar-refractivity contribution in [1.29, 1.82) is 0 Å². The Balaban J connectivity index is 1.92. The molecular weight excluding hydrogens is 384 g/mol. The zero-order valence-corrected chi connectivity index (χ0v) is 15.0. The highest BCUT2D eigenvalue weighted by Crippen LogP contribution is 2.28. The van der Waals surface area contributed by atoms with Gasteiger partial charge in [0, 0.05) is 10.7 Å². The van der Waals surface area contributed by atoms with Crippen molar-refractivity contribution in [3.05, 3.63) is 82.6 Å². The fourth-order valence-corrected chi connectivity index (χ4v) is 4.13. The molecule has 0 aromatic heterocycles. The molecule has 0 aliphatic carbocycles. The van der Waals surface area contributed by atoms with Crippen LogP contribution in [0.3, 0.4) is 0 Å². The number of sulfonamides is 1. The van der Waals surface area contributed by atoms with E-state index in [1.165, 1.54) is 30.3 Å². The summed E-state index contributed by atoms with van der Waals surface area (Å²) in [6.45, 7) is 0. The van der Waals surface area contributed by atoms with Crippen molar-refractivity contribution in [2.45, 2.75) is 4.90 Å². The third-order valence-electron chi connectivity index (χ3n) is 3.48. The van der Waals surface area contributed by atoms with Gasteiger partial charge < -0.3 is 0 Å². The molecule has 25 heavy (non-hydrogen) atoms. The third kappa shape index (κ3) is 4.12. The van der Waals surface area contributed by atoms with Crippen LogP contribution in [-0.2, 0) is 10.0 Å². The van der Waals surface area contributed by atoms with Gasteiger partial charge in [0.25, 0.3) is 10.0 Å². The Morgan fingerprint density at radius 1 is 0.840 bits per heavy atom. The van der Waals surface area contributed by atoms with E-state index in [-0.39, 0.29) is 15.7 Å². The average Bonchev–Trinajstić information content (AvgIpc) is 2.55. The third-order valence-corrected chi connectivity index (χ3v) is 5.58. The van der Waals surface area contributed by atoms with Crippen LogP contribution in [0.4, 0.5) is 10.1 Å². The molecule has 128 valence electrons. The minimum Gasteiger partial charge on any atom is -0.280 e. The van der Waals surface area contributed by atoms with Crippen LogP contribution in [0.5, 0.6) is 0 Å². The summed E-state index contributed by atoms with van der Waals surface area (Å²) in [5.74, 6) is -0.335. The highest BCUT2D eigenvalue weighted by atomic mass is 35.5. The molecule has 0 spiro atoms. The molecular formula is C18H12Cl2FNO2S. The molecule has 0 heterocycles. The van der Waals surface area contributed by atoms with Gasteiger partial charge in [0.2, 0.25) is 0 Å². The predicted molar refractivity (Wildman–Crippen MR) is 99.1 cm³/mol. The van der Waals surface area contributed by atoms with Gasteiger partial charge in [-0.3, -0.25) is 4.72 Å². The molecule has 3 rings (SSSR count). The molecule has 0 radical (unpaired) electrons. The van der Waals surface area contributed by atoms with Crippen LogP contribution in [0.25, 0.3) is 11.1 Å². The van der Waals surface area contributed by atoms with Gasteiger partial charge in [-0.1, -0.05) is 47.5 Å². The van der Waals surface area contributed by atoms with E-state index in [1.54, 1.807) is 36.4 Å². The van der Waals surface area contributed by atoms with Crippen LogP contribution in [0.15, 0.2) is 71.6 Å². The Bertz CT molecular complexity index is 1020. The summed E-state index contributed by atoms with van der Waals surface area (Å²) in [5, 5.41) is 0.386. The fraction of sp³-hybridized carbons (Fsp3) is 0. The van der Waals surface area contributed by atoms with E-state index in [0.717, 1.165) is 11.1 Å². The Labute approximate surface area is 155 Å². The Morgan fingerprint density at radius 2 is 1.56 bits per heavy atom. The van der Waals surface area contributed by atoms with E-state index < -0.39 is 10.0 Å². The highest BCUT2D eigenvalue weighted by molar-refractivity contribution is 7.92. The first-order chi connectivity index (χ1) is 11.8. The van der Waals surface area contributed by atoms with Crippen LogP contribution in [0.2, 0.25) is 10.0 Å². The summed E-state index contributed by atoms with van der Waals surface area (Å²) in [4.78, 5) is -0.0641. The minimum absolute atomic E-state index is 0.0367. The van der Waals surface area contributed by atoms with Gasteiger partial charge in [0.05, 0.1) is 5.02 Å². The molecule has 3 nitrogen and oxygen atoms in total. The molecule has 0 saturated carbocycles. The summed E-state index contributed by atoms with van der Waals surface area (Å²) in [6, 6.07) is 16.9. The quantitative estimate of drug-likeness (QED) is 0.624. The summed E-state index contributed by atoms with van der Waals surface area (Å²) in [5.41, 5.74) is 1.89. The average molecular weight is 396 g/mol. The number of benzene rings is 3. The van der Waals surface area contributed by atoms with Crippen LogP contribution in [-0.4, -0.2) is 8.42 Å². The lowest BCUT2D eigenvalue weighted by molar-refractivity contribution is 0.601. The highest BCUT2D eigenvalue weighted by Gasteiger charge is 2.18. The second-order valence-electron chi connectivity index (χ2n) is 5.27. The second-order valence-corrected chi connectivity index (χ2v) is 7.76. The van der Waals surface area contributed by atoms with E-state index in [0.29, 0.717) is 10.7 Å².